The quantitative estimate of drug-likeness (QED) is 0.652. The van der Waals surface area contributed by atoms with Crippen LogP contribution in [0.15, 0.2) is 0 Å². The molecule has 0 atom stereocenters. The van der Waals surface area contributed by atoms with Crippen LogP contribution in [0.5, 0.6) is 0 Å². The Hall–Kier alpha value is -0.770. The fourth-order valence-electron chi connectivity index (χ4n) is 1.89. The zero-order valence-corrected chi connectivity index (χ0v) is 8.41. The molecule has 2 amide bonds. The first-order valence-corrected chi connectivity index (χ1v) is 5.49. The van der Waals surface area contributed by atoms with Crippen molar-refractivity contribution >= 4 is 6.03 Å². The Balaban J connectivity index is 1.74. The van der Waals surface area contributed by atoms with E-state index in [0.29, 0.717) is 19.1 Å². The van der Waals surface area contributed by atoms with Gasteiger partial charge in [0.25, 0.3) is 0 Å². The van der Waals surface area contributed by atoms with Gasteiger partial charge >= 0.3 is 6.03 Å². The second-order valence-corrected chi connectivity index (χ2v) is 4.30. The zero-order chi connectivity index (χ0) is 9.97. The molecule has 0 aromatic rings. The average molecular weight is 198 g/mol. The van der Waals surface area contributed by atoms with Gasteiger partial charge in [-0.2, -0.15) is 0 Å². The molecule has 2 aliphatic rings. The van der Waals surface area contributed by atoms with E-state index < -0.39 is 0 Å². The molecule has 4 nitrogen and oxygen atoms in total. The molecule has 2 rings (SSSR count). The number of nitrogens with zero attached hydrogens (tertiary/aromatic N) is 1. The maximum absolute atomic E-state index is 11.6. The van der Waals surface area contributed by atoms with E-state index in [0.717, 1.165) is 25.7 Å². The van der Waals surface area contributed by atoms with E-state index in [1.54, 1.807) is 0 Å². The van der Waals surface area contributed by atoms with Crippen molar-refractivity contribution in [3.05, 3.63) is 0 Å². The topological polar surface area (TPSA) is 52.6 Å². The molecule has 2 fully saturated rings. The number of aliphatic hydroxyl groups excluding tert-OH is 1. The second kappa shape index (κ2) is 4.17. The normalized spacial score (nSPS) is 24.5. The summed E-state index contributed by atoms with van der Waals surface area (Å²) in [6, 6.07) is 0.468. The summed E-state index contributed by atoms with van der Waals surface area (Å²) < 4.78 is 0. The largest absolute Gasteiger partial charge is 0.393 e. The van der Waals surface area contributed by atoms with Gasteiger partial charge in [-0.3, -0.25) is 0 Å². The highest BCUT2D eigenvalue weighted by atomic mass is 16.3. The minimum atomic E-state index is -0.206. The van der Waals surface area contributed by atoms with Crippen LogP contribution in [0, 0.1) is 0 Å². The lowest BCUT2D eigenvalue weighted by Crippen LogP contribution is -2.50. The summed E-state index contributed by atoms with van der Waals surface area (Å²) in [6.45, 7) is 1.39. The lowest BCUT2D eigenvalue weighted by Gasteiger charge is -2.33. The first-order valence-electron chi connectivity index (χ1n) is 5.49. The van der Waals surface area contributed by atoms with E-state index >= 15 is 0 Å². The van der Waals surface area contributed by atoms with Gasteiger partial charge in [-0.25, -0.2) is 4.79 Å². The highest BCUT2D eigenvalue weighted by molar-refractivity contribution is 5.74. The van der Waals surface area contributed by atoms with Crippen LogP contribution in [0.4, 0.5) is 4.79 Å². The number of urea groups is 1. The third-order valence-corrected chi connectivity index (χ3v) is 3.18. The molecule has 1 saturated heterocycles. The predicted octanol–water partition coefficient (Wildman–Crippen LogP) is 0.705. The maximum atomic E-state index is 11.6. The Bertz CT molecular complexity index is 208. The number of piperidine rings is 1. The Kier molecular flexibility index (Phi) is 2.91. The number of aliphatic hydroxyl groups is 1. The summed E-state index contributed by atoms with van der Waals surface area (Å²) in [6.07, 6.45) is 4.73. The second-order valence-electron chi connectivity index (χ2n) is 4.30. The maximum Gasteiger partial charge on any atom is 0.317 e. The fraction of sp³-hybridized carbons (Fsp3) is 0.900. The molecule has 0 radical (unpaired) electrons. The van der Waals surface area contributed by atoms with Gasteiger partial charge in [0.05, 0.1) is 6.10 Å². The molecule has 0 aromatic heterocycles. The lowest BCUT2D eigenvalue weighted by atomic mass is 9.93. The molecule has 14 heavy (non-hydrogen) atoms. The molecule has 0 aromatic carbocycles. The SMILES string of the molecule is O=C(NC1CCC1)N1CCC(O)CC1. The van der Waals surface area contributed by atoms with Crippen molar-refractivity contribution in [1.82, 2.24) is 10.2 Å². The van der Waals surface area contributed by atoms with Crippen LogP contribution in [0.3, 0.4) is 0 Å². The van der Waals surface area contributed by atoms with Gasteiger partial charge in [0.15, 0.2) is 0 Å². The summed E-state index contributed by atoms with van der Waals surface area (Å²) in [5.41, 5.74) is 0. The number of rotatable bonds is 1. The molecule has 4 heteroatoms. The van der Waals surface area contributed by atoms with Crippen molar-refractivity contribution in [2.24, 2.45) is 0 Å². The predicted molar refractivity (Wildman–Crippen MR) is 53.0 cm³/mol. The number of nitrogens with one attached hydrogen (secondary N) is 1. The molecule has 1 saturated carbocycles. The molecular formula is C10H18N2O2. The number of carbonyl (C=O) groups is 1. The number of likely N-dealkylation sites (tertiary alicyclic amines) is 1. The van der Waals surface area contributed by atoms with Crippen LogP contribution in [0.25, 0.3) is 0 Å². The van der Waals surface area contributed by atoms with Crippen LogP contribution in [0.2, 0.25) is 0 Å². The van der Waals surface area contributed by atoms with Crippen LogP contribution in [-0.4, -0.2) is 41.3 Å². The highest BCUT2D eigenvalue weighted by Gasteiger charge is 2.25. The van der Waals surface area contributed by atoms with Crippen molar-refractivity contribution in [3.8, 4) is 0 Å². The summed E-state index contributed by atoms with van der Waals surface area (Å²) in [4.78, 5) is 13.5. The Morgan fingerprint density at radius 2 is 1.86 bits per heavy atom. The minimum Gasteiger partial charge on any atom is -0.393 e. The fourth-order valence-corrected chi connectivity index (χ4v) is 1.89. The Labute approximate surface area is 84.3 Å². The van der Waals surface area contributed by atoms with E-state index in [1.807, 2.05) is 4.90 Å². The van der Waals surface area contributed by atoms with E-state index in [2.05, 4.69) is 5.32 Å². The number of carbonyl (C=O) groups excluding carboxylic acids is 1. The Morgan fingerprint density at radius 1 is 1.21 bits per heavy atom. The summed E-state index contributed by atoms with van der Waals surface area (Å²) >= 11 is 0. The molecule has 0 bridgehead atoms. The monoisotopic (exact) mass is 198 g/mol. The smallest absolute Gasteiger partial charge is 0.317 e. The zero-order valence-electron chi connectivity index (χ0n) is 8.41. The van der Waals surface area contributed by atoms with Crippen LogP contribution < -0.4 is 5.32 Å². The van der Waals surface area contributed by atoms with Crippen molar-refractivity contribution in [3.63, 3.8) is 0 Å². The van der Waals surface area contributed by atoms with Crippen LogP contribution in [0.1, 0.15) is 32.1 Å². The van der Waals surface area contributed by atoms with Crippen molar-refractivity contribution < 1.29 is 9.90 Å². The minimum absolute atomic E-state index is 0.0570. The summed E-state index contributed by atoms with van der Waals surface area (Å²) in [7, 11) is 0. The van der Waals surface area contributed by atoms with Gasteiger partial charge < -0.3 is 15.3 Å². The van der Waals surface area contributed by atoms with Gasteiger partial charge in [-0.15, -0.1) is 0 Å². The van der Waals surface area contributed by atoms with Crippen LogP contribution >= 0.6 is 0 Å². The van der Waals surface area contributed by atoms with Gasteiger partial charge in [-0.05, 0) is 32.1 Å². The first-order chi connectivity index (χ1) is 6.75. The molecule has 80 valence electrons. The molecule has 1 aliphatic heterocycles. The Morgan fingerprint density at radius 3 is 2.36 bits per heavy atom. The van der Waals surface area contributed by atoms with Gasteiger partial charge in [0.1, 0.15) is 0 Å². The molecule has 1 aliphatic carbocycles. The van der Waals surface area contributed by atoms with Gasteiger partial charge in [0.2, 0.25) is 0 Å². The van der Waals surface area contributed by atoms with Crippen molar-refractivity contribution in [1.29, 1.82) is 0 Å². The number of hydrogen-bond acceptors (Lipinski definition) is 2. The van der Waals surface area contributed by atoms with E-state index in [1.165, 1.54) is 6.42 Å². The van der Waals surface area contributed by atoms with Crippen LogP contribution in [-0.2, 0) is 0 Å². The van der Waals surface area contributed by atoms with E-state index in [-0.39, 0.29) is 12.1 Å². The van der Waals surface area contributed by atoms with E-state index in [4.69, 9.17) is 0 Å². The van der Waals surface area contributed by atoms with Gasteiger partial charge in [-0.1, -0.05) is 0 Å². The van der Waals surface area contributed by atoms with E-state index in [9.17, 15) is 9.90 Å². The summed E-state index contributed by atoms with van der Waals surface area (Å²) in [5.74, 6) is 0. The standard InChI is InChI=1S/C10H18N2O2/c13-9-4-6-12(7-5-9)10(14)11-8-2-1-3-8/h8-9,13H,1-7H2,(H,11,14). The summed E-state index contributed by atoms with van der Waals surface area (Å²) in [5, 5.41) is 12.3. The van der Waals surface area contributed by atoms with Gasteiger partial charge in [0, 0.05) is 19.1 Å². The average Bonchev–Trinajstić information content (AvgIpc) is 2.12. The van der Waals surface area contributed by atoms with Crippen molar-refractivity contribution in [2.75, 3.05) is 13.1 Å². The highest BCUT2D eigenvalue weighted by Crippen LogP contribution is 2.19. The lowest BCUT2D eigenvalue weighted by molar-refractivity contribution is 0.0917. The molecular weight excluding hydrogens is 180 g/mol. The number of hydrogen-bond donors (Lipinski definition) is 2. The molecule has 1 heterocycles. The van der Waals surface area contributed by atoms with Crippen molar-refractivity contribution in [2.45, 2.75) is 44.2 Å². The number of amides is 2. The molecule has 0 unspecified atom stereocenters. The third kappa shape index (κ3) is 2.18. The first kappa shape index (κ1) is 9.77. The third-order valence-electron chi connectivity index (χ3n) is 3.18. The molecule has 0 spiro atoms. The molecule has 2 N–H and O–H groups in total.